The molecular weight excluding hydrogens is 384 g/mol. The van der Waals surface area contributed by atoms with Gasteiger partial charge in [0.1, 0.15) is 0 Å². The molecule has 2 amide bonds. The Morgan fingerprint density at radius 3 is 2.61 bits per heavy atom. The monoisotopic (exact) mass is 420 g/mol. The number of hydrogen-bond acceptors (Lipinski definition) is 2. The second kappa shape index (κ2) is 7.50. The molecule has 4 heteroatoms. The third-order valence-electron chi connectivity index (χ3n) is 9.81. The number of hydrogen-bond donors (Lipinski definition) is 1. The molecule has 0 saturated heterocycles. The summed E-state index contributed by atoms with van der Waals surface area (Å²) in [6, 6.07) is 10.2. The van der Waals surface area contributed by atoms with E-state index < -0.39 is 0 Å². The first kappa shape index (κ1) is 20.8. The molecule has 0 spiro atoms. The predicted octanol–water partition coefficient (Wildman–Crippen LogP) is 5.27. The van der Waals surface area contributed by atoms with Gasteiger partial charge in [-0.1, -0.05) is 38.1 Å². The maximum absolute atomic E-state index is 12.8. The van der Waals surface area contributed by atoms with Crippen LogP contribution in [0.25, 0.3) is 0 Å². The Hall–Kier alpha value is -2.10. The number of carbonyl (C=O) groups is 2. The Morgan fingerprint density at radius 1 is 1.06 bits per heavy atom. The van der Waals surface area contributed by atoms with Crippen LogP contribution in [-0.4, -0.2) is 29.8 Å². The predicted molar refractivity (Wildman–Crippen MR) is 123 cm³/mol. The molecule has 1 heterocycles. The van der Waals surface area contributed by atoms with Crippen LogP contribution >= 0.6 is 0 Å². The summed E-state index contributed by atoms with van der Waals surface area (Å²) >= 11 is 0. The van der Waals surface area contributed by atoms with Crippen molar-refractivity contribution in [2.24, 2.45) is 34.5 Å². The normalized spacial score (nSPS) is 41.3. The van der Waals surface area contributed by atoms with E-state index in [4.69, 9.17) is 0 Å². The molecule has 1 aromatic rings. The van der Waals surface area contributed by atoms with Crippen molar-refractivity contribution in [2.75, 3.05) is 12.4 Å². The second-order valence-corrected chi connectivity index (χ2v) is 11.1. The fourth-order valence-corrected chi connectivity index (χ4v) is 8.14. The maximum Gasteiger partial charge on any atom is 0.246 e. The molecule has 3 aliphatic carbocycles. The van der Waals surface area contributed by atoms with Crippen molar-refractivity contribution in [2.45, 2.75) is 64.8 Å². The number of anilines is 1. The van der Waals surface area contributed by atoms with E-state index in [2.05, 4.69) is 25.2 Å². The SMILES string of the molecule is CN1C(=O)C=C[C@]2(C)C3CC[C@@]4(C)C(CC[C@@H]4CC(=O)Nc4ccccc4)C3CCC12. The van der Waals surface area contributed by atoms with Gasteiger partial charge in [-0.15, -0.1) is 0 Å². The van der Waals surface area contributed by atoms with Crippen LogP contribution in [0.15, 0.2) is 42.5 Å². The first-order chi connectivity index (χ1) is 14.8. The van der Waals surface area contributed by atoms with Crippen molar-refractivity contribution in [1.29, 1.82) is 0 Å². The van der Waals surface area contributed by atoms with E-state index >= 15 is 0 Å². The Morgan fingerprint density at radius 2 is 1.84 bits per heavy atom. The average molecular weight is 421 g/mol. The number of carbonyl (C=O) groups excluding carboxylic acids is 2. The number of nitrogens with zero attached hydrogens (tertiary/aromatic N) is 1. The van der Waals surface area contributed by atoms with Crippen molar-refractivity contribution in [3.8, 4) is 0 Å². The molecule has 4 aliphatic rings. The fourth-order valence-electron chi connectivity index (χ4n) is 8.14. The van der Waals surface area contributed by atoms with Gasteiger partial charge in [0.2, 0.25) is 11.8 Å². The maximum atomic E-state index is 12.8. The second-order valence-electron chi connectivity index (χ2n) is 11.1. The summed E-state index contributed by atoms with van der Waals surface area (Å²) in [5.41, 5.74) is 1.25. The molecule has 31 heavy (non-hydrogen) atoms. The largest absolute Gasteiger partial charge is 0.338 e. The van der Waals surface area contributed by atoms with Gasteiger partial charge in [0.05, 0.1) is 0 Å². The number of nitrogens with one attached hydrogen (secondary N) is 1. The van der Waals surface area contributed by atoms with E-state index in [1.807, 2.05) is 48.4 Å². The minimum Gasteiger partial charge on any atom is -0.338 e. The van der Waals surface area contributed by atoms with Gasteiger partial charge in [0, 0.05) is 30.6 Å². The highest BCUT2D eigenvalue weighted by Crippen LogP contribution is 2.65. The zero-order valence-corrected chi connectivity index (χ0v) is 19.1. The van der Waals surface area contributed by atoms with Gasteiger partial charge in [0.15, 0.2) is 0 Å². The van der Waals surface area contributed by atoms with E-state index in [1.165, 1.54) is 32.1 Å². The van der Waals surface area contributed by atoms with Crippen molar-refractivity contribution in [3.05, 3.63) is 42.5 Å². The smallest absolute Gasteiger partial charge is 0.246 e. The number of fused-ring (bicyclic) bond motifs is 5. The van der Waals surface area contributed by atoms with Gasteiger partial charge >= 0.3 is 0 Å². The Kier molecular flexibility index (Phi) is 5.02. The fraction of sp³-hybridized carbons (Fsp3) is 0.630. The number of likely N-dealkylation sites (N-methyl/N-ethyl adjacent to an activating group) is 1. The van der Waals surface area contributed by atoms with Crippen molar-refractivity contribution in [3.63, 3.8) is 0 Å². The van der Waals surface area contributed by atoms with Crippen LogP contribution in [0.3, 0.4) is 0 Å². The molecule has 3 fully saturated rings. The Balaban J connectivity index is 1.32. The van der Waals surface area contributed by atoms with E-state index in [1.54, 1.807) is 0 Å². The van der Waals surface area contributed by atoms with E-state index in [0.29, 0.717) is 36.1 Å². The van der Waals surface area contributed by atoms with E-state index in [9.17, 15) is 9.59 Å². The van der Waals surface area contributed by atoms with Gasteiger partial charge in [-0.25, -0.2) is 0 Å². The highest BCUT2D eigenvalue weighted by molar-refractivity contribution is 5.91. The molecule has 1 N–H and O–H groups in total. The van der Waals surface area contributed by atoms with Crippen LogP contribution in [-0.2, 0) is 9.59 Å². The molecule has 0 bridgehead atoms. The van der Waals surface area contributed by atoms with Crippen molar-refractivity contribution < 1.29 is 9.59 Å². The van der Waals surface area contributed by atoms with Crippen LogP contribution in [0.1, 0.15) is 58.8 Å². The molecule has 4 nitrogen and oxygen atoms in total. The van der Waals surface area contributed by atoms with Crippen LogP contribution in [0, 0.1) is 34.5 Å². The lowest BCUT2D eigenvalue weighted by Gasteiger charge is -2.60. The summed E-state index contributed by atoms with van der Waals surface area (Å²) in [7, 11) is 1.99. The van der Waals surface area contributed by atoms with Gasteiger partial charge in [-0.05, 0) is 85.8 Å². The molecule has 7 atom stereocenters. The summed E-state index contributed by atoms with van der Waals surface area (Å²) < 4.78 is 0. The van der Waals surface area contributed by atoms with Crippen LogP contribution < -0.4 is 5.32 Å². The molecule has 5 rings (SSSR count). The van der Waals surface area contributed by atoms with Crippen molar-refractivity contribution in [1.82, 2.24) is 4.90 Å². The third-order valence-corrected chi connectivity index (χ3v) is 9.81. The zero-order valence-electron chi connectivity index (χ0n) is 19.1. The van der Waals surface area contributed by atoms with Crippen LogP contribution in [0.4, 0.5) is 5.69 Å². The molecule has 166 valence electrons. The molecule has 1 aliphatic heterocycles. The van der Waals surface area contributed by atoms with E-state index in [-0.39, 0.29) is 22.6 Å². The number of benzene rings is 1. The molecule has 4 unspecified atom stereocenters. The molecule has 3 saturated carbocycles. The molecular formula is C27H36N2O2. The third kappa shape index (κ3) is 3.25. The summed E-state index contributed by atoms with van der Waals surface area (Å²) in [5, 5.41) is 3.10. The lowest BCUT2D eigenvalue weighted by Crippen LogP contribution is -2.59. The number of para-hydroxylation sites is 1. The standard InChI is InChI=1S/C27H36N2O2/c1-26-15-13-22-20(10-12-23-27(22,2)16-14-25(31)29(23)3)21(26)11-9-18(26)17-24(30)28-19-7-5-4-6-8-19/h4-8,14,16,18,20-23H,9-13,15,17H2,1-3H3,(H,28,30)/t18-,20?,21?,22?,23?,26-,27-/m1/s1. The topological polar surface area (TPSA) is 49.4 Å². The lowest BCUT2D eigenvalue weighted by atomic mass is 9.47. The number of rotatable bonds is 3. The van der Waals surface area contributed by atoms with Gasteiger partial charge in [-0.3, -0.25) is 9.59 Å². The minimum absolute atomic E-state index is 0.0929. The summed E-state index contributed by atoms with van der Waals surface area (Å²) in [6.45, 7) is 4.87. The van der Waals surface area contributed by atoms with Gasteiger partial charge in [0.25, 0.3) is 0 Å². The lowest BCUT2D eigenvalue weighted by molar-refractivity contribution is -0.139. The Labute approximate surface area is 186 Å². The van der Waals surface area contributed by atoms with E-state index in [0.717, 1.165) is 12.1 Å². The minimum atomic E-state index is 0.0929. The molecule has 0 aromatic heterocycles. The highest BCUT2D eigenvalue weighted by Gasteiger charge is 2.60. The highest BCUT2D eigenvalue weighted by atomic mass is 16.2. The summed E-state index contributed by atoms with van der Waals surface area (Å²) in [6.07, 6.45) is 11.9. The first-order valence-corrected chi connectivity index (χ1v) is 12.1. The quantitative estimate of drug-likeness (QED) is 0.724. The van der Waals surface area contributed by atoms with Gasteiger partial charge in [-0.2, -0.15) is 0 Å². The average Bonchev–Trinajstić information content (AvgIpc) is 3.08. The molecule has 0 radical (unpaired) electrons. The van der Waals surface area contributed by atoms with Gasteiger partial charge < -0.3 is 10.2 Å². The zero-order chi connectivity index (χ0) is 21.8. The summed E-state index contributed by atoms with van der Waals surface area (Å²) in [4.78, 5) is 27.1. The van der Waals surface area contributed by atoms with Crippen LogP contribution in [0.2, 0.25) is 0 Å². The molecule has 1 aromatic carbocycles. The first-order valence-electron chi connectivity index (χ1n) is 12.1. The van der Waals surface area contributed by atoms with Crippen molar-refractivity contribution >= 4 is 17.5 Å². The van der Waals surface area contributed by atoms with Crippen LogP contribution in [0.5, 0.6) is 0 Å². The summed E-state index contributed by atoms with van der Waals surface area (Å²) in [5.74, 6) is 2.85. The number of amides is 2. The Bertz CT molecular complexity index is 896.